The van der Waals surface area contributed by atoms with E-state index in [1.807, 2.05) is 43.3 Å². The summed E-state index contributed by atoms with van der Waals surface area (Å²) < 4.78 is 11.9. The topological polar surface area (TPSA) is 51.7 Å². The minimum atomic E-state index is -0.00139. The second-order valence-corrected chi connectivity index (χ2v) is 8.59. The number of hydrogen-bond acceptors (Lipinski definition) is 5. The van der Waals surface area contributed by atoms with Crippen LogP contribution in [0, 0.1) is 6.92 Å². The van der Waals surface area contributed by atoms with E-state index in [-0.39, 0.29) is 12.0 Å². The summed E-state index contributed by atoms with van der Waals surface area (Å²) in [6.45, 7) is 3.26. The second kappa shape index (κ2) is 8.69. The van der Waals surface area contributed by atoms with Gasteiger partial charge in [0.1, 0.15) is 5.75 Å². The van der Waals surface area contributed by atoms with E-state index in [4.69, 9.17) is 26.1 Å². The van der Waals surface area contributed by atoms with Gasteiger partial charge in [-0.2, -0.15) is 0 Å². The van der Waals surface area contributed by atoms with Crippen LogP contribution in [0.5, 0.6) is 5.75 Å². The third-order valence-corrected chi connectivity index (χ3v) is 6.68. The molecule has 1 amide bonds. The molecule has 1 aromatic heterocycles. The zero-order valence-electron chi connectivity index (χ0n) is 16.5. The quantitative estimate of drug-likeness (QED) is 0.550. The first kappa shape index (κ1) is 20.1. The summed E-state index contributed by atoms with van der Waals surface area (Å²) in [7, 11) is 1.63. The predicted molar refractivity (Wildman–Crippen MR) is 117 cm³/mol. The van der Waals surface area contributed by atoms with Crippen molar-refractivity contribution in [1.29, 1.82) is 0 Å². The molecule has 2 heterocycles. The van der Waals surface area contributed by atoms with Gasteiger partial charge in [0.05, 0.1) is 41.4 Å². The summed E-state index contributed by atoms with van der Waals surface area (Å²) in [6.07, 6.45) is 2.31. The molecule has 1 aliphatic rings. The predicted octanol–water partition coefficient (Wildman–Crippen LogP) is 5.02. The van der Waals surface area contributed by atoms with E-state index in [0.717, 1.165) is 46.5 Å². The van der Waals surface area contributed by atoms with Crippen LogP contribution in [0.15, 0.2) is 36.4 Å². The second-order valence-electron chi connectivity index (χ2n) is 7.20. The fourth-order valence-electron chi connectivity index (χ4n) is 3.50. The summed E-state index contributed by atoms with van der Waals surface area (Å²) >= 11 is 7.85. The Kier molecular flexibility index (Phi) is 6.04. The van der Waals surface area contributed by atoms with E-state index >= 15 is 0 Å². The van der Waals surface area contributed by atoms with Crippen LogP contribution in [0.2, 0.25) is 5.02 Å². The van der Waals surface area contributed by atoms with Crippen LogP contribution in [0.1, 0.15) is 24.0 Å². The van der Waals surface area contributed by atoms with Gasteiger partial charge in [0.25, 0.3) is 0 Å². The Bertz CT molecular complexity index is 974. The number of aryl methyl sites for hydroxylation is 1. The van der Waals surface area contributed by atoms with E-state index in [1.165, 1.54) is 11.3 Å². The van der Waals surface area contributed by atoms with Gasteiger partial charge in [-0.15, -0.1) is 0 Å². The van der Waals surface area contributed by atoms with Crippen molar-refractivity contribution < 1.29 is 14.3 Å². The molecule has 0 saturated carbocycles. The first-order valence-electron chi connectivity index (χ1n) is 9.65. The molecule has 3 aromatic rings. The van der Waals surface area contributed by atoms with Crippen LogP contribution in [0.4, 0.5) is 5.13 Å². The smallest absolute Gasteiger partial charge is 0.233 e. The number of halogens is 1. The number of amides is 1. The van der Waals surface area contributed by atoms with Crippen molar-refractivity contribution in [3.8, 4) is 5.75 Å². The number of anilines is 1. The Hall–Kier alpha value is -2.15. The van der Waals surface area contributed by atoms with Crippen LogP contribution in [-0.4, -0.2) is 37.3 Å². The Morgan fingerprint density at radius 2 is 2.10 bits per heavy atom. The van der Waals surface area contributed by atoms with Gasteiger partial charge in [-0.05, 0) is 49.1 Å². The molecule has 0 aliphatic carbocycles. The van der Waals surface area contributed by atoms with Crippen LogP contribution in [0.25, 0.3) is 10.2 Å². The van der Waals surface area contributed by atoms with Crippen LogP contribution < -0.4 is 9.64 Å². The number of hydrogen-bond donors (Lipinski definition) is 0. The highest BCUT2D eigenvalue weighted by Crippen LogP contribution is 2.36. The maximum Gasteiger partial charge on any atom is 0.233 e. The molecular formula is C22H23ClN2O3S. The highest BCUT2D eigenvalue weighted by Gasteiger charge is 2.26. The van der Waals surface area contributed by atoms with Crippen molar-refractivity contribution in [1.82, 2.24) is 4.98 Å². The lowest BCUT2D eigenvalue weighted by Gasteiger charge is -2.23. The largest absolute Gasteiger partial charge is 0.497 e. The average Bonchev–Trinajstić information content (AvgIpc) is 3.40. The van der Waals surface area contributed by atoms with E-state index in [1.54, 1.807) is 12.0 Å². The van der Waals surface area contributed by atoms with Gasteiger partial charge < -0.3 is 9.47 Å². The zero-order chi connectivity index (χ0) is 20.4. The number of carbonyl (C=O) groups is 1. The number of aromatic nitrogens is 1. The van der Waals surface area contributed by atoms with E-state index in [9.17, 15) is 4.79 Å². The summed E-state index contributed by atoms with van der Waals surface area (Å²) in [6, 6.07) is 11.4. The first-order valence-corrected chi connectivity index (χ1v) is 10.8. The lowest BCUT2D eigenvalue weighted by Crippen LogP contribution is -2.38. The third-order valence-electron chi connectivity index (χ3n) is 5.14. The van der Waals surface area contributed by atoms with Crippen molar-refractivity contribution in [2.24, 2.45) is 0 Å². The molecular weight excluding hydrogens is 408 g/mol. The number of nitrogens with zero attached hydrogens (tertiary/aromatic N) is 2. The summed E-state index contributed by atoms with van der Waals surface area (Å²) in [5.41, 5.74) is 2.84. The normalized spacial score (nSPS) is 16.3. The average molecular weight is 431 g/mol. The van der Waals surface area contributed by atoms with E-state index in [2.05, 4.69) is 0 Å². The molecule has 7 heteroatoms. The molecule has 29 heavy (non-hydrogen) atoms. The number of rotatable bonds is 6. The van der Waals surface area contributed by atoms with Gasteiger partial charge >= 0.3 is 0 Å². The SMILES string of the molecule is COc1ccc(CC(=O)N(CC2CCCO2)c2nc3c(C)ccc(Cl)c3s2)cc1. The molecule has 5 nitrogen and oxygen atoms in total. The molecule has 0 bridgehead atoms. The fourth-order valence-corrected chi connectivity index (χ4v) is 4.84. The maximum atomic E-state index is 13.3. The van der Waals surface area contributed by atoms with Gasteiger partial charge in [-0.25, -0.2) is 4.98 Å². The third kappa shape index (κ3) is 4.39. The highest BCUT2D eigenvalue weighted by atomic mass is 35.5. The van der Waals surface area contributed by atoms with Crippen molar-refractivity contribution in [3.05, 3.63) is 52.5 Å². The molecule has 0 N–H and O–H groups in total. The molecule has 1 aliphatic heterocycles. The lowest BCUT2D eigenvalue weighted by atomic mass is 10.1. The number of benzene rings is 2. The first-order chi connectivity index (χ1) is 14.0. The molecule has 0 spiro atoms. The Labute approximate surface area is 179 Å². The monoisotopic (exact) mass is 430 g/mol. The van der Waals surface area contributed by atoms with Gasteiger partial charge in [0.15, 0.2) is 5.13 Å². The van der Waals surface area contributed by atoms with Crippen molar-refractivity contribution >= 4 is 44.2 Å². The summed E-state index contributed by atoms with van der Waals surface area (Å²) in [5, 5.41) is 1.33. The Morgan fingerprint density at radius 1 is 1.31 bits per heavy atom. The molecule has 0 radical (unpaired) electrons. The van der Waals surface area contributed by atoms with Crippen LogP contribution in [-0.2, 0) is 16.0 Å². The van der Waals surface area contributed by atoms with Gasteiger partial charge in [-0.3, -0.25) is 9.69 Å². The fraction of sp³-hybridized carbons (Fsp3) is 0.364. The van der Waals surface area contributed by atoms with Crippen LogP contribution in [0.3, 0.4) is 0 Å². The Morgan fingerprint density at radius 3 is 2.76 bits per heavy atom. The molecule has 1 fully saturated rings. The molecule has 152 valence electrons. The lowest BCUT2D eigenvalue weighted by molar-refractivity contribution is -0.118. The zero-order valence-corrected chi connectivity index (χ0v) is 18.1. The number of fused-ring (bicyclic) bond motifs is 1. The maximum absolute atomic E-state index is 13.3. The highest BCUT2D eigenvalue weighted by molar-refractivity contribution is 7.23. The van der Waals surface area contributed by atoms with Crippen molar-refractivity contribution in [2.75, 3.05) is 25.2 Å². The Balaban J connectivity index is 1.64. The minimum absolute atomic E-state index is 0.00139. The molecule has 1 unspecified atom stereocenters. The minimum Gasteiger partial charge on any atom is -0.497 e. The molecule has 1 atom stereocenters. The van der Waals surface area contributed by atoms with Crippen molar-refractivity contribution in [3.63, 3.8) is 0 Å². The molecule has 1 saturated heterocycles. The van der Waals surface area contributed by atoms with Gasteiger partial charge in [0, 0.05) is 6.61 Å². The van der Waals surface area contributed by atoms with Gasteiger partial charge in [0.2, 0.25) is 5.91 Å². The molecule has 4 rings (SSSR count). The van der Waals surface area contributed by atoms with E-state index < -0.39 is 0 Å². The molecule has 2 aromatic carbocycles. The number of methoxy groups -OCH3 is 1. The summed E-state index contributed by atoms with van der Waals surface area (Å²) in [4.78, 5) is 19.8. The summed E-state index contributed by atoms with van der Waals surface area (Å²) in [5.74, 6) is 0.771. The van der Waals surface area contributed by atoms with E-state index in [0.29, 0.717) is 23.1 Å². The number of ether oxygens (including phenoxy) is 2. The standard InChI is InChI=1S/C22H23ClN2O3S/c1-14-5-10-18(23)21-20(14)24-22(29-21)25(13-17-4-3-11-28-17)19(26)12-15-6-8-16(27-2)9-7-15/h5-10,17H,3-4,11-13H2,1-2H3. The number of thiazole rings is 1. The van der Waals surface area contributed by atoms with Crippen molar-refractivity contribution in [2.45, 2.75) is 32.3 Å². The van der Waals surface area contributed by atoms with Gasteiger partial charge in [-0.1, -0.05) is 41.1 Å². The number of carbonyl (C=O) groups excluding carboxylic acids is 1. The van der Waals surface area contributed by atoms with Crippen LogP contribution >= 0.6 is 22.9 Å².